The van der Waals surface area contributed by atoms with Crippen molar-refractivity contribution in [2.75, 3.05) is 11.4 Å². The number of nitriles is 1. The van der Waals surface area contributed by atoms with Crippen LogP contribution in [0.4, 0.5) is 10.5 Å². The fourth-order valence-corrected chi connectivity index (χ4v) is 3.35. The number of halogens is 1. The molecular formula is C15H14ClN3O3. The maximum Gasteiger partial charge on any atom is 0.332 e. The Balaban J connectivity index is 2.12. The molecule has 3 rings (SSSR count). The highest BCUT2D eigenvalue weighted by Crippen LogP contribution is 2.41. The molecule has 0 radical (unpaired) electrons. The van der Waals surface area contributed by atoms with Gasteiger partial charge in [-0.25, -0.2) is 9.69 Å². The Bertz CT molecular complexity index is 742. The summed E-state index contributed by atoms with van der Waals surface area (Å²) in [4.78, 5) is 27.8. The summed E-state index contributed by atoms with van der Waals surface area (Å²) >= 11 is 6.12. The number of imide groups is 1. The van der Waals surface area contributed by atoms with Gasteiger partial charge in [0.15, 0.2) is 0 Å². The first kappa shape index (κ1) is 14.8. The molecule has 1 N–H and O–H groups in total. The molecule has 6 nitrogen and oxygen atoms in total. The molecule has 0 saturated carbocycles. The van der Waals surface area contributed by atoms with Gasteiger partial charge in [-0.15, -0.1) is 0 Å². The molecule has 3 amide bonds. The summed E-state index contributed by atoms with van der Waals surface area (Å²) in [5, 5.41) is 19.3. The molecule has 0 spiro atoms. The van der Waals surface area contributed by atoms with Crippen LogP contribution in [0.3, 0.4) is 0 Å². The van der Waals surface area contributed by atoms with E-state index in [1.165, 1.54) is 17.0 Å². The van der Waals surface area contributed by atoms with Crippen molar-refractivity contribution in [3.8, 4) is 6.07 Å². The minimum atomic E-state index is -1.23. The van der Waals surface area contributed by atoms with Gasteiger partial charge in [0.2, 0.25) is 0 Å². The van der Waals surface area contributed by atoms with Crippen LogP contribution in [0.2, 0.25) is 5.02 Å². The van der Waals surface area contributed by atoms with Crippen LogP contribution in [-0.2, 0) is 4.79 Å². The van der Waals surface area contributed by atoms with Crippen molar-refractivity contribution < 1.29 is 14.7 Å². The smallest absolute Gasteiger partial charge is 0.332 e. The lowest BCUT2D eigenvalue weighted by Crippen LogP contribution is -2.49. The van der Waals surface area contributed by atoms with Crippen LogP contribution in [0, 0.1) is 18.3 Å². The van der Waals surface area contributed by atoms with Gasteiger partial charge in [0.1, 0.15) is 11.6 Å². The first-order chi connectivity index (χ1) is 10.3. The minimum absolute atomic E-state index is 0.221. The molecule has 1 aromatic carbocycles. The van der Waals surface area contributed by atoms with Crippen LogP contribution in [0.25, 0.3) is 0 Å². The zero-order chi connectivity index (χ0) is 16.2. The number of hydrogen-bond donors (Lipinski definition) is 1. The number of urea groups is 1. The maximum absolute atomic E-state index is 12.7. The van der Waals surface area contributed by atoms with Gasteiger partial charge >= 0.3 is 6.03 Å². The van der Waals surface area contributed by atoms with Gasteiger partial charge in [-0.2, -0.15) is 5.26 Å². The van der Waals surface area contributed by atoms with Gasteiger partial charge in [-0.1, -0.05) is 11.6 Å². The zero-order valence-corrected chi connectivity index (χ0v) is 12.9. The van der Waals surface area contributed by atoms with Crippen LogP contribution < -0.4 is 4.90 Å². The molecule has 0 bridgehead atoms. The second-order valence-electron chi connectivity index (χ2n) is 5.71. The summed E-state index contributed by atoms with van der Waals surface area (Å²) in [6, 6.07) is 4.51. The van der Waals surface area contributed by atoms with Crippen LogP contribution in [0.1, 0.15) is 24.5 Å². The molecule has 2 atom stereocenters. The number of anilines is 1. The molecule has 0 aliphatic carbocycles. The number of carbonyl (C=O) groups excluding carboxylic acids is 2. The molecule has 22 heavy (non-hydrogen) atoms. The normalized spacial score (nSPS) is 27.3. The van der Waals surface area contributed by atoms with E-state index in [4.69, 9.17) is 16.9 Å². The highest BCUT2D eigenvalue weighted by Gasteiger charge is 2.61. The lowest BCUT2D eigenvalue weighted by molar-refractivity contribution is -0.126. The Kier molecular flexibility index (Phi) is 3.17. The largest absolute Gasteiger partial charge is 0.390 e. The van der Waals surface area contributed by atoms with Crippen molar-refractivity contribution in [3.05, 3.63) is 28.3 Å². The average molecular weight is 320 g/mol. The molecule has 2 aliphatic rings. The fraction of sp³-hybridized carbons (Fsp3) is 0.400. The maximum atomic E-state index is 12.7. The summed E-state index contributed by atoms with van der Waals surface area (Å²) < 4.78 is 0. The molecule has 0 aromatic heterocycles. The predicted octanol–water partition coefficient (Wildman–Crippen LogP) is 1.81. The molecule has 1 aromatic rings. The van der Waals surface area contributed by atoms with Crippen LogP contribution in [-0.4, -0.2) is 40.1 Å². The Morgan fingerprint density at radius 3 is 2.73 bits per heavy atom. The van der Waals surface area contributed by atoms with Crippen molar-refractivity contribution in [1.29, 1.82) is 5.26 Å². The fourth-order valence-electron chi connectivity index (χ4n) is 3.15. The van der Waals surface area contributed by atoms with Crippen LogP contribution in [0.15, 0.2) is 12.1 Å². The lowest BCUT2D eigenvalue weighted by Gasteiger charge is -2.26. The van der Waals surface area contributed by atoms with Gasteiger partial charge in [-0.3, -0.25) is 4.79 Å². The van der Waals surface area contributed by atoms with E-state index in [-0.39, 0.29) is 10.6 Å². The number of hydrogen-bond acceptors (Lipinski definition) is 4. The third kappa shape index (κ3) is 1.64. The number of benzene rings is 1. The van der Waals surface area contributed by atoms with Crippen molar-refractivity contribution in [2.24, 2.45) is 0 Å². The van der Waals surface area contributed by atoms with Gasteiger partial charge < -0.3 is 10.0 Å². The standard InChI is InChI=1S/C15H14ClN3O3/c1-8-10(4-3-9(7-17)12(8)16)19-13(21)15(2)11(20)5-6-18(15)14(19)22/h3-4,11,20H,5-6H2,1-2H3/t11-,15+/m0/s1. The third-order valence-electron chi connectivity index (χ3n) is 4.61. The molecule has 7 heteroatoms. The van der Waals surface area contributed by atoms with Crippen molar-refractivity contribution in [1.82, 2.24) is 4.90 Å². The van der Waals surface area contributed by atoms with Crippen molar-refractivity contribution >= 4 is 29.2 Å². The van der Waals surface area contributed by atoms with Crippen molar-refractivity contribution in [2.45, 2.75) is 31.9 Å². The number of carbonyl (C=O) groups is 2. The molecule has 2 fully saturated rings. The van der Waals surface area contributed by atoms with E-state index >= 15 is 0 Å². The second-order valence-corrected chi connectivity index (χ2v) is 6.09. The number of amides is 3. The van der Waals surface area contributed by atoms with Gasteiger partial charge in [0, 0.05) is 6.54 Å². The van der Waals surface area contributed by atoms with E-state index in [9.17, 15) is 14.7 Å². The number of aliphatic hydroxyl groups excluding tert-OH is 1. The Hall–Kier alpha value is -2.10. The quantitative estimate of drug-likeness (QED) is 0.800. The second kappa shape index (κ2) is 4.70. The minimum Gasteiger partial charge on any atom is -0.390 e. The van der Waals surface area contributed by atoms with E-state index in [2.05, 4.69) is 0 Å². The van der Waals surface area contributed by atoms with Crippen LogP contribution in [0.5, 0.6) is 0 Å². The number of fused-ring (bicyclic) bond motifs is 1. The van der Waals surface area contributed by atoms with E-state index in [0.29, 0.717) is 24.2 Å². The lowest BCUT2D eigenvalue weighted by atomic mass is 9.95. The van der Waals surface area contributed by atoms with Gasteiger partial charge in [0.25, 0.3) is 5.91 Å². The third-order valence-corrected chi connectivity index (χ3v) is 5.10. The van der Waals surface area contributed by atoms with E-state index in [1.54, 1.807) is 13.8 Å². The summed E-state index contributed by atoms with van der Waals surface area (Å²) in [7, 11) is 0. The first-order valence-electron chi connectivity index (χ1n) is 6.87. The SMILES string of the molecule is Cc1c(N2C(=O)N3CC[C@H](O)[C@]3(C)C2=O)ccc(C#N)c1Cl. The highest BCUT2D eigenvalue weighted by molar-refractivity contribution is 6.33. The number of nitrogens with zero attached hydrogens (tertiary/aromatic N) is 3. The molecule has 2 saturated heterocycles. The molecule has 2 heterocycles. The summed E-state index contributed by atoms with van der Waals surface area (Å²) in [5.41, 5.74) is -0.110. The summed E-state index contributed by atoms with van der Waals surface area (Å²) in [6.45, 7) is 3.56. The van der Waals surface area contributed by atoms with Gasteiger partial charge in [0.05, 0.1) is 22.4 Å². The molecular weight excluding hydrogens is 306 g/mol. The highest BCUT2D eigenvalue weighted by atomic mass is 35.5. The van der Waals surface area contributed by atoms with E-state index < -0.39 is 23.6 Å². The average Bonchev–Trinajstić information content (AvgIpc) is 2.89. The van der Waals surface area contributed by atoms with Crippen LogP contribution >= 0.6 is 11.6 Å². The Labute approximate surface area is 132 Å². The summed E-state index contributed by atoms with van der Waals surface area (Å²) in [6.07, 6.45) is -0.502. The zero-order valence-electron chi connectivity index (χ0n) is 12.1. The van der Waals surface area contributed by atoms with E-state index in [0.717, 1.165) is 4.90 Å². The molecule has 2 aliphatic heterocycles. The topological polar surface area (TPSA) is 84.6 Å². The Morgan fingerprint density at radius 2 is 2.14 bits per heavy atom. The first-order valence-corrected chi connectivity index (χ1v) is 7.25. The molecule has 0 unspecified atom stereocenters. The summed E-state index contributed by atoms with van der Waals surface area (Å²) in [5.74, 6) is -0.466. The monoisotopic (exact) mass is 319 g/mol. The van der Waals surface area contributed by atoms with Gasteiger partial charge in [-0.05, 0) is 38.0 Å². The number of rotatable bonds is 1. The van der Waals surface area contributed by atoms with E-state index in [1.807, 2.05) is 6.07 Å². The number of aliphatic hydroxyl groups is 1. The Morgan fingerprint density at radius 1 is 1.45 bits per heavy atom. The predicted molar refractivity (Wildman–Crippen MR) is 79.5 cm³/mol. The van der Waals surface area contributed by atoms with Crippen molar-refractivity contribution in [3.63, 3.8) is 0 Å². The molecule has 114 valence electrons.